The third-order valence-electron chi connectivity index (χ3n) is 5.30. The molecule has 0 saturated heterocycles. The molecule has 1 atom stereocenters. The number of ether oxygens (including phenoxy) is 2. The highest BCUT2D eigenvalue weighted by molar-refractivity contribution is 5.28. The molecule has 146 valence electrons. The molecule has 0 bridgehead atoms. The topological polar surface area (TPSA) is 52.4 Å². The lowest BCUT2D eigenvalue weighted by molar-refractivity contribution is 0.0389. The van der Waals surface area contributed by atoms with E-state index in [0.29, 0.717) is 13.2 Å². The fraction of sp³-hybridized carbons (Fsp3) is 0.364. The van der Waals surface area contributed by atoms with E-state index in [2.05, 4.69) is 39.5 Å². The van der Waals surface area contributed by atoms with Gasteiger partial charge in [-0.3, -0.25) is 9.58 Å². The highest BCUT2D eigenvalue weighted by atomic mass is 16.5. The average Bonchev–Trinajstić information content (AvgIpc) is 3.12. The van der Waals surface area contributed by atoms with E-state index >= 15 is 0 Å². The first-order valence-corrected chi connectivity index (χ1v) is 9.61. The molecule has 2 heterocycles. The number of hydrogen-bond donors (Lipinski definition) is 0. The normalized spacial score (nSPS) is 16.7. The zero-order valence-electron chi connectivity index (χ0n) is 16.4. The van der Waals surface area contributed by atoms with Crippen LogP contribution in [0.3, 0.4) is 0 Å². The minimum atomic E-state index is 0.100. The summed E-state index contributed by atoms with van der Waals surface area (Å²) in [6.07, 6.45) is 0.949. The second-order valence-electron chi connectivity index (χ2n) is 7.13. The minimum absolute atomic E-state index is 0.100. The predicted octanol–water partition coefficient (Wildman–Crippen LogP) is 3.14. The van der Waals surface area contributed by atoms with Crippen LogP contribution in [0.4, 0.5) is 0 Å². The maximum Gasteiger partial charge on any atom is 0.118 e. The van der Waals surface area contributed by atoms with E-state index in [1.165, 1.54) is 16.8 Å². The fourth-order valence-electron chi connectivity index (χ4n) is 3.72. The van der Waals surface area contributed by atoms with Crippen LogP contribution in [0.15, 0.2) is 54.6 Å². The number of aromatic nitrogens is 3. The average molecular weight is 378 g/mol. The zero-order chi connectivity index (χ0) is 19.3. The summed E-state index contributed by atoms with van der Waals surface area (Å²) in [5.74, 6) is 0.876. The van der Waals surface area contributed by atoms with Crippen molar-refractivity contribution in [2.24, 2.45) is 7.05 Å². The Morgan fingerprint density at radius 2 is 1.82 bits per heavy atom. The summed E-state index contributed by atoms with van der Waals surface area (Å²) in [7, 11) is 3.65. The number of nitrogens with zero attached hydrogens (tertiary/aromatic N) is 4. The Morgan fingerprint density at radius 3 is 2.57 bits per heavy atom. The number of methoxy groups -OCH3 is 1. The van der Waals surface area contributed by atoms with Gasteiger partial charge in [-0.1, -0.05) is 47.7 Å². The summed E-state index contributed by atoms with van der Waals surface area (Å²) in [5.41, 5.74) is 4.68. The molecule has 6 nitrogen and oxygen atoms in total. The molecule has 0 radical (unpaired) electrons. The third-order valence-corrected chi connectivity index (χ3v) is 5.30. The molecule has 1 unspecified atom stereocenters. The van der Waals surface area contributed by atoms with Crippen molar-refractivity contribution in [3.63, 3.8) is 0 Å². The number of rotatable bonds is 7. The van der Waals surface area contributed by atoms with Crippen LogP contribution in [0.1, 0.15) is 28.6 Å². The number of aryl methyl sites for hydroxylation is 1. The van der Waals surface area contributed by atoms with Crippen LogP contribution in [-0.4, -0.2) is 40.2 Å². The van der Waals surface area contributed by atoms with Crippen LogP contribution in [0.2, 0.25) is 0 Å². The van der Waals surface area contributed by atoms with Gasteiger partial charge >= 0.3 is 0 Å². The highest BCUT2D eigenvalue weighted by Gasteiger charge is 2.31. The molecule has 4 rings (SSSR count). The van der Waals surface area contributed by atoms with Crippen LogP contribution in [0, 0.1) is 0 Å². The molecule has 1 aromatic heterocycles. The van der Waals surface area contributed by atoms with Crippen LogP contribution in [0.5, 0.6) is 5.75 Å². The molecular formula is C22H26N4O2. The molecule has 0 amide bonds. The minimum Gasteiger partial charge on any atom is -0.497 e. The van der Waals surface area contributed by atoms with Crippen molar-refractivity contribution >= 4 is 0 Å². The van der Waals surface area contributed by atoms with Crippen molar-refractivity contribution in [2.45, 2.75) is 25.6 Å². The van der Waals surface area contributed by atoms with Gasteiger partial charge in [0.15, 0.2) is 0 Å². The van der Waals surface area contributed by atoms with Crippen molar-refractivity contribution in [1.82, 2.24) is 19.9 Å². The Bertz CT molecular complexity index is 893. The lowest BCUT2D eigenvalue weighted by atomic mass is 10.0. The summed E-state index contributed by atoms with van der Waals surface area (Å²) < 4.78 is 13.3. The van der Waals surface area contributed by atoms with Gasteiger partial charge in [-0.15, -0.1) is 5.10 Å². The van der Waals surface area contributed by atoms with Crippen molar-refractivity contribution in [1.29, 1.82) is 0 Å². The van der Waals surface area contributed by atoms with Crippen molar-refractivity contribution in [3.8, 4) is 5.75 Å². The Balaban J connectivity index is 1.48. The second-order valence-corrected chi connectivity index (χ2v) is 7.13. The largest absolute Gasteiger partial charge is 0.497 e. The van der Waals surface area contributed by atoms with E-state index in [9.17, 15) is 0 Å². The molecule has 0 spiro atoms. The SMILES string of the molecule is COc1ccc(CN2CCc3c(nnn3C)C2COCc2ccccc2)cc1. The first-order valence-electron chi connectivity index (χ1n) is 9.61. The van der Waals surface area contributed by atoms with Gasteiger partial charge in [0.1, 0.15) is 11.4 Å². The zero-order valence-corrected chi connectivity index (χ0v) is 16.4. The first kappa shape index (κ1) is 18.7. The summed E-state index contributed by atoms with van der Waals surface area (Å²) in [6, 6.07) is 18.6. The van der Waals surface area contributed by atoms with Gasteiger partial charge in [-0.05, 0) is 23.3 Å². The van der Waals surface area contributed by atoms with E-state index < -0.39 is 0 Å². The molecule has 2 aromatic carbocycles. The Kier molecular flexibility index (Phi) is 5.69. The molecule has 3 aromatic rings. The van der Waals surface area contributed by atoms with E-state index in [1.54, 1.807) is 7.11 Å². The lowest BCUT2D eigenvalue weighted by Gasteiger charge is -2.34. The van der Waals surface area contributed by atoms with Gasteiger partial charge in [0, 0.05) is 26.6 Å². The predicted molar refractivity (Wildman–Crippen MR) is 107 cm³/mol. The standard InChI is InChI=1S/C22H26N4O2/c1-25-20-12-13-26(14-17-8-10-19(27-2)11-9-17)21(22(20)23-24-25)16-28-15-18-6-4-3-5-7-18/h3-11,21H,12-16H2,1-2H3. The van der Waals surface area contributed by atoms with Gasteiger partial charge < -0.3 is 9.47 Å². The molecule has 0 aliphatic carbocycles. The van der Waals surface area contributed by atoms with Crippen LogP contribution in [0.25, 0.3) is 0 Å². The molecule has 1 aliphatic heterocycles. The van der Waals surface area contributed by atoms with Gasteiger partial charge in [-0.2, -0.15) is 0 Å². The lowest BCUT2D eigenvalue weighted by Crippen LogP contribution is -2.38. The van der Waals surface area contributed by atoms with Gasteiger partial charge in [0.05, 0.1) is 32.1 Å². The summed E-state index contributed by atoms with van der Waals surface area (Å²) >= 11 is 0. The smallest absolute Gasteiger partial charge is 0.118 e. The summed E-state index contributed by atoms with van der Waals surface area (Å²) in [5, 5.41) is 8.70. The van der Waals surface area contributed by atoms with Crippen molar-refractivity contribution in [3.05, 3.63) is 77.1 Å². The Morgan fingerprint density at radius 1 is 1.04 bits per heavy atom. The third kappa shape index (κ3) is 4.08. The molecule has 28 heavy (non-hydrogen) atoms. The maximum absolute atomic E-state index is 6.09. The highest BCUT2D eigenvalue weighted by Crippen LogP contribution is 2.30. The van der Waals surface area contributed by atoms with Crippen LogP contribution >= 0.6 is 0 Å². The number of benzene rings is 2. The first-order chi connectivity index (χ1) is 13.7. The second kappa shape index (κ2) is 8.54. The summed E-state index contributed by atoms with van der Waals surface area (Å²) in [4.78, 5) is 2.43. The number of hydrogen-bond acceptors (Lipinski definition) is 5. The molecule has 1 aliphatic rings. The van der Waals surface area contributed by atoms with Gasteiger partial charge in [0.2, 0.25) is 0 Å². The molecule has 0 saturated carbocycles. The van der Waals surface area contributed by atoms with E-state index in [-0.39, 0.29) is 6.04 Å². The van der Waals surface area contributed by atoms with Crippen LogP contribution < -0.4 is 4.74 Å². The van der Waals surface area contributed by atoms with Crippen LogP contribution in [-0.2, 0) is 31.4 Å². The summed E-state index contributed by atoms with van der Waals surface area (Å²) in [6.45, 7) is 3.00. The molecule has 0 N–H and O–H groups in total. The fourth-order valence-corrected chi connectivity index (χ4v) is 3.72. The van der Waals surface area contributed by atoms with Crippen molar-refractivity contribution in [2.75, 3.05) is 20.3 Å². The van der Waals surface area contributed by atoms with Gasteiger partial charge in [0.25, 0.3) is 0 Å². The number of fused-ring (bicyclic) bond motifs is 1. The van der Waals surface area contributed by atoms with E-state index in [0.717, 1.165) is 31.0 Å². The Hall–Kier alpha value is -2.70. The monoisotopic (exact) mass is 378 g/mol. The maximum atomic E-state index is 6.09. The van der Waals surface area contributed by atoms with E-state index in [1.807, 2.05) is 42.1 Å². The van der Waals surface area contributed by atoms with Crippen molar-refractivity contribution < 1.29 is 9.47 Å². The Labute approximate surface area is 165 Å². The quantitative estimate of drug-likeness (QED) is 0.632. The van der Waals surface area contributed by atoms with E-state index in [4.69, 9.17) is 9.47 Å². The molecule has 0 fully saturated rings. The molecular weight excluding hydrogens is 352 g/mol. The molecule has 6 heteroatoms. The van der Waals surface area contributed by atoms with Gasteiger partial charge in [-0.25, -0.2) is 0 Å².